The number of benzene rings is 1. The molecule has 2 atom stereocenters. The minimum absolute atomic E-state index is 0.0278. The maximum atomic E-state index is 11.9. The molecule has 0 unspecified atom stereocenters. The summed E-state index contributed by atoms with van der Waals surface area (Å²) in [5, 5.41) is 5.83. The number of hydrogen-bond donors (Lipinski definition) is 2. The zero-order valence-corrected chi connectivity index (χ0v) is 12.8. The minimum Gasteiger partial charge on any atom is -0.349 e. The molecule has 0 saturated carbocycles. The Bertz CT molecular complexity index is 531. The van der Waals surface area contributed by atoms with Crippen molar-refractivity contribution < 1.29 is 9.59 Å². The largest absolute Gasteiger partial charge is 0.349 e. The molecule has 0 aliphatic carbocycles. The predicted octanol–water partition coefficient (Wildman–Crippen LogP) is 2.50. The van der Waals surface area contributed by atoms with Crippen LogP contribution in [0.1, 0.15) is 37.4 Å². The van der Waals surface area contributed by atoms with Gasteiger partial charge in [-0.1, -0.05) is 12.1 Å². The number of hydrogen-bond acceptors (Lipinski definition) is 3. The van der Waals surface area contributed by atoms with Gasteiger partial charge in [0.25, 0.3) is 0 Å². The van der Waals surface area contributed by atoms with E-state index < -0.39 is 0 Å². The highest BCUT2D eigenvalue weighted by Crippen LogP contribution is 2.26. The van der Waals surface area contributed by atoms with Crippen molar-refractivity contribution >= 4 is 29.3 Å². The van der Waals surface area contributed by atoms with Gasteiger partial charge in [-0.05, 0) is 43.7 Å². The first-order valence-corrected chi connectivity index (χ1v) is 8.06. The molecule has 2 amide bonds. The number of thioether (sulfide) groups is 1. The van der Waals surface area contributed by atoms with Crippen LogP contribution in [-0.4, -0.2) is 23.3 Å². The number of amides is 2. The molecule has 0 aromatic heterocycles. The van der Waals surface area contributed by atoms with Crippen LogP contribution in [0.4, 0.5) is 5.69 Å². The number of aryl methyl sites for hydroxylation is 1. The maximum Gasteiger partial charge on any atom is 0.233 e. The van der Waals surface area contributed by atoms with E-state index in [4.69, 9.17) is 0 Å². The van der Waals surface area contributed by atoms with Crippen molar-refractivity contribution in [1.82, 2.24) is 5.32 Å². The van der Waals surface area contributed by atoms with E-state index >= 15 is 0 Å². The quantitative estimate of drug-likeness (QED) is 0.896. The van der Waals surface area contributed by atoms with Gasteiger partial charge in [-0.2, -0.15) is 11.8 Å². The molecule has 108 valence electrons. The van der Waals surface area contributed by atoms with E-state index in [0.717, 1.165) is 23.2 Å². The van der Waals surface area contributed by atoms with E-state index in [9.17, 15) is 9.59 Å². The molecule has 1 aromatic rings. The number of carbonyl (C=O) groups is 2. The average molecular weight is 292 g/mol. The maximum absolute atomic E-state index is 11.9. The first-order valence-electron chi connectivity index (χ1n) is 6.77. The van der Waals surface area contributed by atoms with E-state index in [2.05, 4.69) is 16.7 Å². The van der Waals surface area contributed by atoms with Crippen LogP contribution < -0.4 is 10.6 Å². The van der Waals surface area contributed by atoms with Crippen LogP contribution in [0.3, 0.4) is 0 Å². The predicted molar refractivity (Wildman–Crippen MR) is 82.9 cm³/mol. The van der Waals surface area contributed by atoms with E-state index in [1.165, 1.54) is 11.8 Å². The Kier molecular flexibility index (Phi) is 4.70. The monoisotopic (exact) mass is 292 g/mol. The molecular formula is C15H20N2O2S. The zero-order chi connectivity index (χ0) is 14.7. The summed E-state index contributed by atoms with van der Waals surface area (Å²) in [6, 6.07) is 5.92. The summed E-state index contributed by atoms with van der Waals surface area (Å²) < 4.78 is 0. The van der Waals surface area contributed by atoms with Gasteiger partial charge in [0.2, 0.25) is 11.8 Å². The molecule has 2 N–H and O–H groups in total. The second-order valence-electron chi connectivity index (χ2n) is 5.07. The van der Waals surface area contributed by atoms with Gasteiger partial charge in [0.05, 0.1) is 11.3 Å². The molecule has 0 spiro atoms. The first-order chi connectivity index (χ1) is 9.51. The third-order valence-corrected chi connectivity index (χ3v) is 4.53. The fourth-order valence-corrected chi connectivity index (χ4v) is 2.48. The number of nitrogens with one attached hydrogen (secondary N) is 2. The smallest absolute Gasteiger partial charge is 0.233 e. The SMILES string of the molecule is CS[C@H](C)C(=O)N[C@H](C)c1ccc2c(c1)CCC(=O)N2. The molecule has 20 heavy (non-hydrogen) atoms. The highest BCUT2D eigenvalue weighted by molar-refractivity contribution is 7.99. The van der Waals surface area contributed by atoms with Crippen LogP contribution in [0.15, 0.2) is 18.2 Å². The number of anilines is 1. The Morgan fingerprint density at radius 1 is 1.35 bits per heavy atom. The summed E-state index contributed by atoms with van der Waals surface area (Å²) >= 11 is 1.53. The molecule has 0 bridgehead atoms. The molecule has 1 heterocycles. The van der Waals surface area contributed by atoms with Gasteiger partial charge in [-0.25, -0.2) is 0 Å². The summed E-state index contributed by atoms with van der Waals surface area (Å²) in [7, 11) is 0. The number of fused-ring (bicyclic) bond motifs is 1. The standard InChI is InChI=1S/C15H20N2O2S/c1-9(16-15(19)10(2)20-3)11-4-6-13-12(8-11)5-7-14(18)17-13/h4,6,8-10H,5,7H2,1-3H3,(H,16,19)(H,17,18)/t9-,10-/m1/s1. The third kappa shape index (κ3) is 3.33. The Hall–Kier alpha value is -1.49. The molecule has 4 nitrogen and oxygen atoms in total. The Morgan fingerprint density at radius 2 is 2.10 bits per heavy atom. The minimum atomic E-state index is -0.0469. The molecular weight excluding hydrogens is 272 g/mol. The molecule has 1 aliphatic rings. The summed E-state index contributed by atoms with van der Waals surface area (Å²) in [6.07, 6.45) is 3.22. The molecule has 0 radical (unpaired) electrons. The highest BCUT2D eigenvalue weighted by atomic mass is 32.2. The van der Waals surface area contributed by atoms with E-state index in [0.29, 0.717) is 6.42 Å². The lowest BCUT2D eigenvalue weighted by Gasteiger charge is -2.21. The van der Waals surface area contributed by atoms with Crippen molar-refractivity contribution in [3.8, 4) is 0 Å². The Morgan fingerprint density at radius 3 is 2.80 bits per heavy atom. The molecule has 0 saturated heterocycles. The van der Waals surface area contributed by atoms with Gasteiger partial charge in [0.15, 0.2) is 0 Å². The van der Waals surface area contributed by atoms with Crippen molar-refractivity contribution in [2.45, 2.75) is 38.0 Å². The normalized spacial score (nSPS) is 16.9. The zero-order valence-electron chi connectivity index (χ0n) is 12.0. The number of rotatable bonds is 4. The first kappa shape index (κ1) is 14.9. The van der Waals surface area contributed by atoms with Crippen molar-refractivity contribution in [2.24, 2.45) is 0 Å². The van der Waals surface area contributed by atoms with Crippen LogP contribution in [-0.2, 0) is 16.0 Å². The molecule has 1 aliphatic heterocycles. The second-order valence-corrected chi connectivity index (χ2v) is 6.25. The Balaban J connectivity index is 2.09. The third-order valence-electron chi connectivity index (χ3n) is 3.61. The van der Waals surface area contributed by atoms with Crippen LogP contribution >= 0.6 is 11.8 Å². The summed E-state index contributed by atoms with van der Waals surface area (Å²) in [5.41, 5.74) is 3.10. The van der Waals surface area contributed by atoms with Gasteiger partial charge >= 0.3 is 0 Å². The molecule has 2 rings (SSSR count). The summed E-state index contributed by atoms with van der Waals surface area (Å²) in [5.74, 6) is 0.122. The highest BCUT2D eigenvalue weighted by Gasteiger charge is 2.18. The lowest BCUT2D eigenvalue weighted by atomic mass is 9.98. The van der Waals surface area contributed by atoms with E-state index in [1.807, 2.05) is 32.2 Å². The van der Waals surface area contributed by atoms with Gasteiger partial charge in [0.1, 0.15) is 0 Å². The van der Waals surface area contributed by atoms with Gasteiger partial charge in [-0.15, -0.1) is 0 Å². The fraction of sp³-hybridized carbons (Fsp3) is 0.467. The summed E-state index contributed by atoms with van der Waals surface area (Å²) in [6.45, 7) is 3.88. The Labute approximate surface area is 123 Å². The van der Waals surface area contributed by atoms with Crippen molar-refractivity contribution in [1.29, 1.82) is 0 Å². The lowest BCUT2D eigenvalue weighted by Crippen LogP contribution is -2.33. The van der Waals surface area contributed by atoms with Crippen LogP contribution in [0.2, 0.25) is 0 Å². The van der Waals surface area contributed by atoms with Crippen LogP contribution in [0.25, 0.3) is 0 Å². The van der Waals surface area contributed by atoms with Crippen LogP contribution in [0.5, 0.6) is 0 Å². The van der Waals surface area contributed by atoms with Crippen LogP contribution in [0, 0.1) is 0 Å². The second kappa shape index (κ2) is 6.31. The lowest BCUT2D eigenvalue weighted by molar-refractivity contribution is -0.121. The molecule has 0 fully saturated rings. The fourth-order valence-electron chi connectivity index (χ4n) is 2.19. The average Bonchev–Trinajstić information content (AvgIpc) is 2.45. The van der Waals surface area contributed by atoms with Crippen molar-refractivity contribution in [2.75, 3.05) is 11.6 Å². The van der Waals surface area contributed by atoms with Crippen molar-refractivity contribution in [3.05, 3.63) is 29.3 Å². The van der Waals surface area contributed by atoms with Gasteiger partial charge < -0.3 is 10.6 Å². The van der Waals surface area contributed by atoms with E-state index in [-0.39, 0.29) is 23.1 Å². The van der Waals surface area contributed by atoms with Gasteiger partial charge in [-0.3, -0.25) is 9.59 Å². The summed E-state index contributed by atoms with van der Waals surface area (Å²) in [4.78, 5) is 23.2. The van der Waals surface area contributed by atoms with E-state index in [1.54, 1.807) is 0 Å². The van der Waals surface area contributed by atoms with Gasteiger partial charge in [0, 0.05) is 12.1 Å². The topological polar surface area (TPSA) is 58.2 Å². The van der Waals surface area contributed by atoms with Crippen molar-refractivity contribution in [3.63, 3.8) is 0 Å². The molecule has 1 aromatic carbocycles. The number of carbonyl (C=O) groups excluding carboxylic acids is 2. The molecule has 5 heteroatoms.